The Hall–Kier alpha value is -0.0900. The molecule has 1 N–H and O–H groups in total. The Morgan fingerprint density at radius 1 is 1.57 bits per heavy atom. The molecule has 0 spiro atoms. The van der Waals surface area contributed by atoms with Gasteiger partial charge >= 0.3 is 0 Å². The molecule has 4 heteroatoms. The van der Waals surface area contributed by atoms with Gasteiger partial charge in [0.1, 0.15) is 0 Å². The Kier molecular flexibility index (Phi) is 1.32. The Morgan fingerprint density at radius 3 is 3.43 bits per heavy atom. The Labute approximate surface area is 106 Å². The average molecular weight is 239 g/mol. The van der Waals surface area contributed by atoms with Crippen molar-refractivity contribution >= 4 is 23.7 Å². The van der Waals surface area contributed by atoms with Crippen LogP contribution in [0.1, 0.15) is 27.4 Å². The molecule has 2 aliphatic heterocycles. The van der Waals surface area contributed by atoms with E-state index in [0.717, 1.165) is 4.90 Å². The molecule has 1 fully saturated rings. The number of halogens is 1. The van der Waals surface area contributed by atoms with Crippen molar-refractivity contribution in [2.75, 3.05) is 26.0 Å². The van der Waals surface area contributed by atoms with Crippen LogP contribution in [-0.4, -0.2) is 30.9 Å². The van der Waals surface area contributed by atoms with Crippen molar-refractivity contribution in [2.24, 2.45) is 0 Å². The fraction of sp³-hybridized carbons (Fsp3) is 0.600. The second kappa shape index (κ2) is 4.19. The van der Waals surface area contributed by atoms with Gasteiger partial charge in [0, 0.05) is 41.9 Å². The van der Waals surface area contributed by atoms with Gasteiger partial charge in [-0.15, -0.1) is 23.7 Å². The minimum Gasteiger partial charge on any atom is -0.314 e. The largest absolute Gasteiger partial charge is 0.314 e. The smallest absolute Gasteiger partial charge is 0.0569 e. The molecule has 78 valence electrons. The zero-order chi connectivity index (χ0) is 15.8. The number of rotatable bonds is 0. The van der Waals surface area contributed by atoms with Crippen molar-refractivity contribution in [1.29, 1.82) is 0 Å². The summed E-state index contributed by atoms with van der Waals surface area (Å²) < 4.78 is 64.1. The second-order valence-electron chi connectivity index (χ2n) is 2.94. The summed E-state index contributed by atoms with van der Waals surface area (Å²) in [5.41, 5.74) is 0.221. The van der Waals surface area contributed by atoms with E-state index in [9.17, 15) is 0 Å². The van der Waals surface area contributed by atoms with Gasteiger partial charge in [-0.25, -0.2) is 0 Å². The lowest BCUT2D eigenvalue weighted by Gasteiger charge is -2.39. The van der Waals surface area contributed by atoms with Gasteiger partial charge in [0.15, 0.2) is 0 Å². The highest BCUT2D eigenvalue weighted by molar-refractivity contribution is 7.10. The van der Waals surface area contributed by atoms with Gasteiger partial charge in [-0.3, -0.25) is 4.90 Å². The molecule has 0 aliphatic carbocycles. The summed E-state index contributed by atoms with van der Waals surface area (Å²) in [6.07, 6.45) is -2.42. The van der Waals surface area contributed by atoms with Crippen LogP contribution >= 0.6 is 23.7 Å². The van der Waals surface area contributed by atoms with E-state index in [2.05, 4.69) is 5.32 Å². The Balaban J connectivity index is 0.00000176. The number of piperazine rings is 1. The van der Waals surface area contributed by atoms with Crippen LogP contribution in [0.15, 0.2) is 11.4 Å². The minimum absolute atomic E-state index is 0. The summed E-state index contributed by atoms with van der Waals surface area (Å²) in [6, 6.07) is 0.784. The van der Waals surface area contributed by atoms with Crippen LogP contribution in [0.4, 0.5) is 0 Å². The van der Waals surface area contributed by atoms with Gasteiger partial charge < -0.3 is 5.32 Å². The van der Waals surface area contributed by atoms with Gasteiger partial charge in [-0.2, -0.15) is 0 Å². The summed E-state index contributed by atoms with van der Waals surface area (Å²) in [6.45, 7) is -7.80. The molecule has 1 aromatic rings. The van der Waals surface area contributed by atoms with Crippen LogP contribution in [0, 0.1) is 0 Å². The van der Waals surface area contributed by atoms with E-state index in [1.165, 1.54) is 17.4 Å². The van der Waals surface area contributed by atoms with E-state index in [1.807, 2.05) is 0 Å². The topological polar surface area (TPSA) is 15.3 Å². The second-order valence-corrected chi connectivity index (χ2v) is 3.89. The molecular weight excluding hydrogens is 216 g/mol. The van der Waals surface area contributed by atoms with E-state index in [0.29, 0.717) is 4.88 Å². The quantitative estimate of drug-likeness (QED) is 0.740. The van der Waals surface area contributed by atoms with Gasteiger partial charge in [-0.05, 0) is 23.4 Å². The molecule has 2 aliphatic rings. The van der Waals surface area contributed by atoms with E-state index < -0.39 is 31.9 Å². The normalized spacial score (nSPS) is 49.0. The summed E-state index contributed by atoms with van der Waals surface area (Å²) in [4.78, 5) is 1.26. The summed E-state index contributed by atoms with van der Waals surface area (Å²) >= 11 is 1.24. The number of nitrogens with zero attached hydrogens (tertiary/aromatic N) is 1. The molecule has 0 saturated carbocycles. The van der Waals surface area contributed by atoms with Crippen LogP contribution in [0.3, 0.4) is 0 Å². The summed E-state index contributed by atoms with van der Waals surface area (Å²) in [5, 5.41) is 4.13. The molecule has 1 saturated heterocycles. The number of hydrogen-bond donors (Lipinski definition) is 1. The number of thiophene rings is 1. The van der Waals surface area contributed by atoms with Gasteiger partial charge in [-0.1, -0.05) is 0 Å². The Bertz CT molecular complexity index is 589. The highest BCUT2D eigenvalue weighted by atomic mass is 35.5. The molecular formula is C10H15ClN2S. The van der Waals surface area contributed by atoms with E-state index >= 15 is 0 Å². The van der Waals surface area contributed by atoms with E-state index in [-0.39, 0.29) is 24.5 Å². The highest BCUT2D eigenvalue weighted by Gasteiger charge is 2.29. The predicted molar refractivity (Wildman–Crippen MR) is 62.5 cm³/mol. The van der Waals surface area contributed by atoms with Gasteiger partial charge in [0.05, 0.1) is 6.04 Å². The molecule has 3 heterocycles. The maximum absolute atomic E-state index is 8.14. The first-order valence-corrected chi connectivity index (χ1v) is 4.95. The minimum atomic E-state index is -2.69. The highest BCUT2D eigenvalue weighted by Crippen LogP contribution is 2.34. The Morgan fingerprint density at radius 2 is 2.50 bits per heavy atom. The van der Waals surface area contributed by atoms with Crippen molar-refractivity contribution in [2.45, 2.75) is 12.4 Å². The third kappa shape index (κ3) is 1.58. The molecule has 0 aromatic carbocycles. The number of aryl methyl sites for hydroxylation is 1. The van der Waals surface area contributed by atoms with Gasteiger partial charge in [0.25, 0.3) is 0 Å². The number of fused-ring (bicyclic) bond motifs is 3. The third-order valence-corrected chi connectivity index (χ3v) is 3.20. The zero-order valence-corrected chi connectivity index (χ0v) is 8.84. The first kappa shape index (κ1) is 4.42. The lowest BCUT2D eigenvalue weighted by atomic mass is 10.0. The zero-order valence-electron chi connectivity index (χ0n) is 15.2. The molecule has 0 amide bonds. The third-order valence-electron chi connectivity index (χ3n) is 2.18. The summed E-state index contributed by atoms with van der Waals surface area (Å²) in [7, 11) is 0. The molecule has 3 rings (SSSR count). The van der Waals surface area contributed by atoms with E-state index in [4.69, 9.17) is 11.0 Å². The number of nitrogens with one attached hydrogen (secondary N) is 1. The van der Waals surface area contributed by atoms with Crippen molar-refractivity contribution in [1.82, 2.24) is 10.2 Å². The van der Waals surface area contributed by atoms with Crippen LogP contribution in [0.5, 0.6) is 0 Å². The lowest BCUT2D eigenvalue weighted by molar-refractivity contribution is 0.155. The standard InChI is InChI=1S/C10H14N2S.ClH/c1-4-12-5-3-11-7-9(12)10-8(1)2-6-13-10;/h2,6,9,11H,1,3-5,7H2;1H/i1D2,3D2,4D2,5D2;. The van der Waals surface area contributed by atoms with Gasteiger partial charge in [0.2, 0.25) is 0 Å². The molecule has 0 bridgehead atoms. The van der Waals surface area contributed by atoms with Crippen molar-refractivity contribution < 1.29 is 11.0 Å². The first-order valence-electron chi connectivity index (χ1n) is 8.07. The lowest BCUT2D eigenvalue weighted by Crippen LogP contribution is -2.48. The number of hydrogen-bond acceptors (Lipinski definition) is 3. The van der Waals surface area contributed by atoms with Crippen molar-refractivity contribution in [3.63, 3.8) is 0 Å². The molecule has 1 aromatic heterocycles. The van der Waals surface area contributed by atoms with Crippen molar-refractivity contribution in [3.05, 3.63) is 21.9 Å². The van der Waals surface area contributed by atoms with Crippen molar-refractivity contribution in [3.8, 4) is 0 Å². The van der Waals surface area contributed by atoms with Crippen LogP contribution < -0.4 is 5.32 Å². The van der Waals surface area contributed by atoms with Crippen LogP contribution in [0.25, 0.3) is 0 Å². The van der Waals surface area contributed by atoms with Crippen LogP contribution in [-0.2, 0) is 6.37 Å². The first-order chi connectivity index (χ1) is 9.44. The monoisotopic (exact) mass is 238 g/mol. The average Bonchev–Trinajstić information content (AvgIpc) is 2.80. The van der Waals surface area contributed by atoms with Crippen LogP contribution in [0.2, 0.25) is 0 Å². The maximum atomic E-state index is 8.14. The molecule has 1 atom stereocenters. The SMILES string of the molecule is Cl.[2H]C1([2H])NCC2c3sccc3C([2H])([2H])C([2H])([2H])N2C1([2H])[2H]. The summed E-state index contributed by atoms with van der Waals surface area (Å²) in [5.74, 6) is 0. The molecule has 14 heavy (non-hydrogen) atoms. The molecule has 1 unspecified atom stereocenters. The fourth-order valence-electron chi connectivity index (χ4n) is 1.54. The molecule has 0 radical (unpaired) electrons. The molecule has 2 nitrogen and oxygen atoms in total. The predicted octanol–water partition coefficient (Wildman–Crippen LogP) is 1.67. The maximum Gasteiger partial charge on any atom is 0.0569 e. The van der Waals surface area contributed by atoms with E-state index in [1.54, 1.807) is 5.38 Å². The fourth-order valence-corrected chi connectivity index (χ4v) is 2.48.